The molecule has 0 saturated carbocycles. The molecule has 0 aromatic heterocycles. The van der Waals surface area contributed by atoms with Crippen LogP contribution in [0.4, 0.5) is 4.79 Å². The van der Waals surface area contributed by atoms with Crippen LogP contribution in [-0.4, -0.2) is 52.7 Å². The van der Waals surface area contributed by atoms with Gasteiger partial charge in [0.2, 0.25) is 0 Å². The van der Waals surface area contributed by atoms with E-state index in [1.165, 1.54) is 6.92 Å². The number of urea groups is 1. The molecule has 7 nitrogen and oxygen atoms in total. The first kappa shape index (κ1) is 18.4. The summed E-state index contributed by atoms with van der Waals surface area (Å²) < 4.78 is 4.81. The second-order valence-electron chi connectivity index (χ2n) is 4.33. The summed E-state index contributed by atoms with van der Waals surface area (Å²) in [6.07, 6.45) is -1.53. The van der Waals surface area contributed by atoms with Crippen molar-refractivity contribution in [3.05, 3.63) is 12.2 Å². The van der Waals surface area contributed by atoms with Gasteiger partial charge in [-0.15, -0.1) is 0 Å². The molecule has 0 fully saturated rings. The van der Waals surface area contributed by atoms with Crippen molar-refractivity contribution in [2.75, 3.05) is 13.2 Å². The van der Waals surface area contributed by atoms with E-state index in [1.807, 2.05) is 0 Å². The van der Waals surface area contributed by atoms with E-state index in [0.717, 1.165) is 4.90 Å². The molecule has 3 N–H and O–H groups in total. The molecule has 2 unspecified atom stereocenters. The van der Waals surface area contributed by atoms with E-state index >= 15 is 0 Å². The molecule has 116 valence electrons. The van der Waals surface area contributed by atoms with E-state index in [2.05, 4.69) is 11.9 Å². The number of carbonyl (C=O) groups is 2. The Bertz CT molecular complexity index is 336. The molecule has 0 radical (unpaired) electrons. The number of ether oxygens (including phenoxy) is 1. The third-order valence-corrected chi connectivity index (χ3v) is 2.57. The van der Waals surface area contributed by atoms with Crippen molar-refractivity contribution in [2.45, 2.75) is 46.1 Å². The number of nitrogens with zero attached hydrogens (tertiary/aromatic N) is 1. The Morgan fingerprint density at radius 2 is 1.75 bits per heavy atom. The molecular weight excluding hydrogens is 264 g/mol. The molecule has 0 aliphatic rings. The van der Waals surface area contributed by atoms with Crippen LogP contribution in [0.1, 0.15) is 33.6 Å². The van der Waals surface area contributed by atoms with Gasteiger partial charge >= 0.3 is 12.0 Å². The summed E-state index contributed by atoms with van der Waals surface area (Å²) in [6.45, 7) is 8.43. The number of hydrogen-bond donors (Lipinski definition) is 3. The van der Waals surface area contributed by atoms with Crippen LogP contribution in [0.25, 0.3) is 0 Å². The molecular formula is C13H24N2O5. The minimum absolute atomic E-state index is 0.00425. The van der Waals surface area contributed by atoms with Crippen LogP contribution in [0.2, 0.25) is 0 Å². The van der Waals surface area contributed by atoms with Crippen molar-refractivity contribution < 1.29 is 24.5 Å². The standard InChI is InChI=1S/C13H24N2O5/c1-5-10(16)15(11(17)6-2)13(19)14-7-8-20-12(18)9(3)4/h10-11,16-17H,3,5-8H2,1-2,4H3,(H,14,19). The van der Waals surface area contributed by atoms with Gasteiger partial charge in [-0.05, 0) is 19.8 Å². The Hall–Kier alpha value is -1.60. The average molecular weight is 288 g/mol. The van der Waals surface area contributed by atoms with Crippen LogP contribution in [0, 0.1) is 0 Å². The Balaban J connectivity index is 4.27. The van der Waals surface area contributed by atoms with Crippen LogP contribution >= 0.6 is 0 Å². The number of nitrogens with one attached hydrogen (secondary N) is 1. The number of carbonyl (C=O) groups excluding carboxylic acids is 2. The quantitative estimate of drug-likeness (QED) is 0.262. The SMILES string of the molecule is C=C(C)C(=O)OCCNC(=O)N(C(O)CC)C(O)CC. The highest BCUT2D eigenvalue weighted by Gasteiger charge is 2.25. The van der Waals surface area contributed by atoms with Gasteiger partial charge in [0, 0.05) is 5.57 Å². The molecule has 0 bridgehead atoms. The monoisotopic (exact) mass is 288 g/mol. The molecule has 0 aliphatic heterocycles. The van der Waals surface area contributed by atoms with Gasteiger partial charge in [-0.3, -0.25) is 4.90 Å². The van der Waals surface area contributed by atoms with Crippen molar-refractivity contribution in [1.29, 1.82) is 0 Å². The van der Waals surface area contributed by atoms with Gasteiger partial charge in [0.25, 0.3) is 0 Å². The van der Waals surface area contributed by atoms with Crippen LogP contribution in [0.3, 0.4) is 0 Å². The number of rotatable bonds is 8. The molecule has 0 aromatic rings. The molecule has 0 saturated heterocycles. The summed E-state index contributed by atoms with van der Waals surface area (Å²) in [4.78, 5) is 23.9. The minimum Gasteiger partial charge on any atom is -0.460 e. The average Bonchev–Trinajstić information content (AvgIpc) is 2.42. The number of aliphatic hydroxyl groups excluding tert-OH is 2. The number of amides is 2. The number of aliphatic hydroxyl groups is 2. The van der Waals surface area contributed by atoms with Crippen molar-refractivity contribution in [1.82, 2.24) is 10.2 Å². The fourth-order valence-electron chi connectivity index (χ4n) is 1.38. The van der Waals surface area contributed by atoms with Crippen molar-refractivity contribution in [3.8, 4) is 0 Å². The van der Waals surface area contributed by atoms with Gasteiger partial charge in [0.05, 0.1) is 6.54 Å². The predicted octanol–water partition coefficient (Wildman–Crippen LogP) is 0.574. The maximum atomic E-state index is 11.9. The van der Waals surface area contributed by atoms with E-state index < -0.39 is 24.5 Å². The molecule has 0 aliphatic carbocycles. The van der Waals surface area contributed by atoms with Gasteiger partial charge in [0.1, 0.15) is 19.1 Å². The van der Waals surface area contributed by atoms with Gasteiger partial charge in [-0.2, -0.15) is 0 Å². The highest BCUT2D eigenvalue weighted by Crippen LogP contribution is 2.08. The second-order valence-corrected chi connectivity index (χ2v) is 4.33. The van der Waals surface area contributed by atoms with E-state index in [9.17, 15) is 19.8 Å². The summed E-state index contributed by atoms with van der Waals surface area (Å²) in [5, 5.41) is 21.9. The second kappa shape index (κ2) is 9.33. The molecule has 20 heavy (non-hydrogen) atoms. The van der Waals surface area contributed by atoms with Gasteiger partial charge in [0.15, 0.2) is 0 Å². The van der Waals surface area contributed by atoms with Crippen LogP contribution < -0.4 is 5.32 Å². The Kier molecular flexibility index (Phi) is 8.58. The largest absolute Gasteiger partial charge is 0.460 e. The zero-order valence-electron chi connectivity index (χ0n) is 12.3. The normalized spacial score (nSPS) is 13.2. The van der Waals surface area contributed by atoms with E-state index in [4.69, 9.17) is 4.74 Å². The molecule has 7 heteroatoms. The maximum Gasteiger partial charge on any atom is 0.333 e. The lowest BCUT2D eigenvalue weighted by molar-refractivity contribution is -0.138. The lowest BCUT2D eigenvalue weighted by Crippen LogP contribution is -2.51. The fourth-order valence-corrected chi connectivity index (χ4v) is 1.38. The first-order chi connectivity index (χ1) is 9.34. The van der Waals surface area contributed by atoms with Gasteiger partial charge in [-0.1, -0.05) is 20.4 Å². The molecule has 0 rings (SSSR count). The smallest absolute Gasteiger partial charge is 0.333 e. The third kappa shape index (κ3) is 6.03. The topological polar surface area (TPSA) is 99.1 Å². The van der Waals surface area contributed by atoms with E-state index in [0.29, 0.717) is 12.8 Å². The highest BCUT2D eigenvalue weighted by molar-refractivity contribution is 5.86. The van der Waals surface area contributed by atoms with Gasteiger partial charge < -0.3 is 20.3 Å². The first-order valence-electron chi connectivity index (χ1n) is 6.60. The van der Waals surface area contributed by atoms with E-state index in [1.54, 1.807) is 13.8 Å². The molecule has 0 spiro atoms. The molecule has 2 amide bonds. The number of hydrogen-bond acceptors (Lipinski definition) is 5. The van der Waals surface area contributed by atoms with Crippen LogP contribution in [-0.2, 0) is 9.53 Å². The first-order valence-corrected chi connectivity index (χ1v) is 6.60. The Morgan fingerprint density at radius 1 is 1.25 bits per heavy atom. The van der Waals surface area contributed by atoms with Gasteiger partial charge in [-0.25, -0.2) is 9.59 Å². The Morgan fingerprint density at radius 3 is 2.15 bits per heavy atom. The minimum atomic E-state index is -1.07. The summed E-state index contributed by atoms with van der Waals surface area (Å²) in [7, 11) is 0. The van der Waals surface area contributed by atoms with Crippen molar-refractivity contribution in [2.24, 2.45) is 0 Å². The lowest BCUT2D eigenvalue weighted by atomic mass is 10.3. The van der Waals surface area contributed by atoms with Crippen molar-refractivity contribution in [3.63, 3.8) is 0 Å². The Labute approximate surface area is 119 Å². The summed E-state index contributed by atoms with van der Waals surface area (Å²) in [5.74, 6) is -0.529. The molecule has 0 heterocycles. The fraction of sp³-hybridized carbons (Fsp3) is 0.692. The molecule has 0 aromatic carbocycles. The number of esters is 1. The highest BCUT2D eigenvalue weighted by atomic mass is 16.5. The zero-order chi connectivity index (χ0) is 15.7. The summed E-state index contributed by atoms with van der Waals surface area (Å²) in [5.41, 5.74) is 0.278. The maximum absolute atomic E-state index is 11.9. The van der Waals surface area contributed by atoms with E-state index in [-0.39, 0.29) is 18.7 Å². The zero-order valence-corrected chi connectivity index (χ0v) is 12.3. The summed E-state index contributed by atoms with van der Waals surface area (Å²) >= 11 is 0. The predicted molar refractivity (Wildman–Crippen MR) is 73.6 cm³/mol. The molecule has 2 atom stereocenters. The third-order valence-electron chi connectivity index (χ3n) is 2.57. The summed E-state index contributed by atoms with van der Waals surface area (Å²) in [6, 6.07) is -0.611. The van der Waals surface area contributed by atoms with Crippen molar-refractivity contribution >= 4 is 12.0 Å². The lowest BCUT2D eigenvalue weighted by Gasteiger charge is -2.31. The van der Waals surface area contributed by atoms with Crippen LogP contribution in [0.15, 0.2) is 12.2 Å². The van der Waals surface area contributed by atoms with Crippen LogP contribution in [0.5, 0.6) is 0 Å².